The number of fused-ring (bicyclic) bond motifs is 1. The molecule has 3 rings (SSSR count). The van der Waals surface area contributed by atoms with Crippen LogP contribution in [0.5, 0.6) is 0 Å². The minimum Gasteiger partial charge on any atom is -0.384 e. The Morgan fingerprint density at radius 1 is 1.25 bits per heavy atom. The summed E-state index contributed by atoms with van der Waals surface area (Å²) in [5, 5.41) is 2.93. The number of benzene rings is 1. The molecule has 1 aromatic carbocycles. The van der Waals surface area contributed by atoms with Crippen molar-refractivity contribution in [3.05, 3.63) is 41.6 Å². The summed E-state index contributed by atoms with van der Waals surface area (Å²) in [6.45, 7) is 2.05. The number of halogens is 1. The number of para-hydroxylation sites is 1. The van der Waals surface area contributed by atoms with Crippen LogP contribution in [0.4, 0.5) is 11.5 Å². The highest BCUT2D eigenvalue weighted by atomic mass is 35.5. The van der Waals surface area contributed by atoms with E-state index in [-0.39, 0.29) is 18.3 Å². The van der Waals surface area contributed by atoms with Crippen molar-refractivity contribution in [2.24, 2.45) is 0 Å². The van der Waals surface area contributed by atoms with Crippen LogP contribution in [0.2, 0.25) is 0 Å². The quantitative estimate of drug-likeness (QED) is 0.893. The molecule has 0 spiro atoms. The number of aromatic nitrogens is 1. The molecule has 1 aromatic heterocycles. The molecule has 104 valence electrons. The summed E-state index contributed by atoms with van der Waals surface area (Å²) in [7, 11) is 0. The van der Waals surface area contributed by atoms with E-state index in [1.807, 2.05) is 31.2 Å². The Hall–Kier alpha value is -2.07. The van der Waals surface area contributed by atoms with Gasteiger partial charge in [0.25, 0.3) is 0 Å². The second-order valence-corrected chi connectivity index (χ2v) is 4.65. The molecule has 5 heteroatoms. The molecule has 0 fully saturated rings. The smallest absolute Gasteiger partial charge is 0.228 e. The summed E-state index contributed by atoms with van der Waals surface area (Å²) in [4.78, 5) is 15.9. The summed E-state index contributed by atoms with van der Waals surface area (Å²) in [5.74, 6) is 0.570. The van der Waals surface area contributed by atoms with Gasteiger partial charge in [0, 0.05) is 11.1 Å². The van der Waals surface area contributed by atoms with Crippen molar-refractivity contribution < 1.29 is 4.79 Å². The molecule has 0 bridgehead atoms. The van der Waals surface area contributed by atoms with Gasteiger partial charge in [0.2, 0.25) is 5.91 Å². The van der Waals surface area contributed by atoms with Crippen LogP contribution in [0.3, 0.4) is 0 Å². The van der Waals surface area contributed by atoms with Gasteiger partial charge in [0.05, 0.1) is 17.8 Å². The fourth-order valence-corrected chi connectivity index (χ4v) is 2.51. The number of nitrogens with two attached hydrogens (primary N) is 1. The minimum absolute atomic E-state index is 0. The number of hydrogen-bond donors (Lipinski definition) is 2. The first-order valence-electron chi connectivity index (χ1n) is 6.36. The van der Waals surface area contributed by atoms with E-state index < -0.39 is 0 Å². The third kappa shape index (κ3) is 2.34. The Morgan fingerprint density at radius 2 is 2.05 bits per heavy atom. The summed E-state index contributed by atoms with van der Waals surface area (Å²) in [6, 6.07) is 9.74. The standard InChI is InChI=1S/C15H15N3O.ClH/c1-2-12-10(6-7-13(16)17-12)11-5-3-4-9-8-14(19)18-15(9)11;/h3-7H,2,8H2,1H3,(H2,16,17)(H,18,19);1H. The molecule has 4 nitrogen and oxygen atoms in total. The largest absolute Gasteiger partial charge is 0.384 e. The van der Waals surface area contributed by atoms with Crippen molar-refractivity contribution >= 4 is 29.8 Å². The maximum Gasteiger partial charge on any atom is 0.228 e. The van der Waals surface area contributed by atoms with Crippen molar-refractivity contribution in [2.75, 3.05) is 11.1 Å². The van der Waals surface area contributed by atoms with E-state index in [9.17, 15) is 4.79 Å². The Labute approximate surface area is 123 Å². The van der Waals surface area contributed by atoms with Gasteiger partial charge in [-0.2, -0.15) is 0 Å². The number of nitrogen functional groups attached to an aromatic ring is 1. The minimum atomic E-state index is 0. The fourth-order valence-electron chi connectivity index (χ4n) is 2.51. The van der Waals surface area contributed by atoms with Gasteiger partial charge < -0.3 is 11.1 Å². The van der Waals surface area contributed by atoms with Crippen molar-refractivity contribution in [1.29, 1.82) is 0 Å². The molecule has 2 heterocycles. The van der Waals surface area contributed by atoms with Gasteiger partial charge in [-0.1, -0.05) is 25.1 Å². The van der Waals surface area contributed by atoms with E-state index in [0.29, 0.717) is 12.2 Å². The van der Waals surface area contributed by atoms with Crippen molar-refractivity contribution in [3.8, 4) is 11.1 Å². The van der Waals surface area contributed by atoms with E-state index in [4.69, 9.17) is 5.73 Å². The first-order valence-corrected chi connectivity index (χ1v) is 6.36. The molecule has 1 amide bonds. The van der Waals surface area contributed by atoms with Crippen molar-refractivity contribution in [1.82, 2.24) is 4.98 Å². The number of pyridine rings is 1. The summed E-state index contributed by atoms with van der Waals surface area (Å²) >= 11 is 0. The van der Waals surface area contributed by atoms with Crippen molar-refractivity contribution in [3.63, 3.8) is 0 Å². The van der Waals surface area contributed by atoms with Crippen LogP contribution in [0, 0.1) is 0 Å². The normalized spacial score (nSPS) is 12.6. The Balaban J connectivity index is 0.00000147. The lowest BCUT2D eigenvalue weighted by atomic mass is 9.98. The van der Waals surface area contributed by atoms with Gasteiger partial charge in [-0.15, -0.1) is 12.4 Å². The van der Waals surface area contributed by atoms with Crippen LogP contribution in [0.25, 0.3) is 11.1 Å². The number of nitrogens with zero attached hydrogens (tertiary/aromatic N) is 1. The molecule has 0 aliphatic carbocycles. The highest BCUT2D eigenvalue weighted by Crippen LogP contribution is 2.36. The van der Waals surface area contributed by atoms with Crippen LogP contribution in [0.1, 0.15) is 18.2 Å². The highest BCUT2D eigenvalue weighted by molar-refractivity contribution is 6.03. The van der Waals surface area contributed by atoms with Gasteiger partial charge in [-0.25, -0.2) is 4.98 Å². The van der Waals surface area contributed by atoms with E-state index in [1.165, 1.54) is 0 Å². The number of anilines is 2. The number of rotatable bonds is 2. The topological polar surface area (TPSA) is 68.0 Å². The second kappa shape index (κ2) is 5.51. The third-order valence-electron chi connectivity index (χ3n) is 3.39. The maximum absolute atomic E-state index is 11.5. The fraction of sp³-hybridized carbons (Fsp3) is 0.200. The highest BCUT2D eigenvalue weighted by Gasteiger charge is 2.21. The van der Waals surface area contributed by atoms with E-state index in [1.54, 1.807) is 6.07 Å². The molecule has 1 aliphatic rings. The zero-order valence-electron chi connectivity index (χ0n) is 11.1. The summed E-state index contributed by atoms with van der Waals surface area (Å²) in [6.07, 6.45) is 1.25. The van der Waals surface area contributed by atoms with E-state index in [2.05, 4.69) is 10.3 Å². The van der Waals surface area contributed by atoms with Gasteiger partial charge >= 0.3 is 0 Å². The van der Waals surface area contributed by atoms with E-state index in [0.717, 1.165) is 34.5 Å². The number of hydrogen-bond acceptors (Lipinski definition) is 3. The first kappa shape index (κ1) is 14.3. The third-order valence-corrected chi connectivity index (χ3v) is 3.39. The number of aryl methyl sites for hydroxylation is 1. The zero-order chi connectivity index (χ0) is 13.4. The zero-order valence-corrected chi connectivity index (χ0v) is 12.0. The van der Waals surface area contributed by atoms with E-state index >= 15 is 0 Å². The van der Waals surface area contributed by atoms with Crippen LogP contribution in [0.15, 0.2) is 30.3 Å². The average molecular weight is 290 g/mol. The van der Waals surface area contributed by atoms with Gasteiger partial charge in [-0.3, -0.25) is 4.79 Å². The molecule has 2 aromatic rings. The lowest BCUT2D eigenvalue weighted by Gasteiger charge is -2.12. The molecule has 0 saturated heterocycles. The molecule has 3 N–H and O–H groups in total. The molecule has 0 radical (unpaired) electrons. The monoisotopic (exact) mass is 289 g/mol. The van der Waals surface area contributed by atoms with Crippen LogP contribution < -0.4 is 11.1 Å². The lowest BCUT2D eigenvalue weighted by molar-refractivity contribution is -0.115. The molecule has 0 atom stereocenters. The predicted octanol–water partition coefficient (Wildman–Crippen LogP) is 2.81. The molecule has 0 saturated carbocycles. The van der Waals surface area contributed by atoms with Crippen LogP contribution in [-0.2, 0) is 17.6 Å². The molecule has 1 aliphatic heterocycles. The Bertz CT molecular complexity index is 670. The average Bonchev–Trinajstić information content (AvgIpc) is 2.78. The summed E-state index contributed by atoms with van der Waals surface area (Å²) < 4.78 is 0. The number of amides is 1. The van der Waals surface area contributed by atoms with Crippen molar-refractivity contribution in [2.45, 2.75) is 19.8 Å². The van der Waals surface area contributed by atoms with Crippen LogP contribution in [-0.4, -0.2) is 10.9 Å². The van der Waals surface area contributed by atoms with Gasteiger partial charge in [0.1, 0.15) is 5.82 Å². The van der Waals surface area contributed by atoms with Crippen LogP contribution >= 0.6 is 12.4 Å². The number of nitrogens with one attached hydrogen (secondary N) is 1. The Kier molecular flexibility index (Phi) is 3.95. The molecule has 20 heavy (non-hydrogen) atoms. The second-order valence-electron chi connectivity index (χ2n) is 4.65. The van der Waals surface area contributed by atoms with Gasteiger partial charge in [0.15, 0.2) is 0 Å². The summed E-state index contributed by atoms with van der Waals surface area (Å²) in [5.41, 5.74) is 10.7. The maximum atomic E-state index is 11.5. The SMILES string of the molecule is CCc1nc(N)ccc1-c1cccc2c1NC(=O)C2.Cl. The lowest BCUT2D eigenvalue weighted by Crippen LogP contribution is -2.05. The number of carbonyl (C=O) groups excluding carboxylic acids is 1. The Morgan fingerprint density at radius 3 is 2.80 bits per heavy atom. The molecular formula is C15H16ClN3O. The van der Waals surface area contributed by atoms with Gasteiger partial charge in [-0.05, 0) is 24.1 Å². The number of carbonyl (C=O) groups is 1. The molecule has 0 unspecified atom stereocenters. The molecular weight excluding hydrogens is 274 g/mol. The predicted molar refractivity (Wildman–Crippen MR) is 83.0 cm³/mol. The first-order chi connectivity index (χ1) is 9.19.